The Kier molecular flexibility index (Phi) is 9.87. The fourth-order valence-electron chi connectivity index (χ4n) is 5.21. The van der Waals surface area contributed by atoms with Crippen LogP contribution in [0.4, 0.5) is 0 Å². The number of likely N-dealkylation sites (tertiary alicyclic amines) is 1. The fraction of sp³-hybridized carbons (Fsp3) is 0.483. The molecule has 3 heterocycles. The van der Waals surface area contributed by atoms with E-state index in [4.69, 9.17) is 0 Å². The van der Waals surface area contributed by atoms with Crippen molar-refractivity contribution in [3.05, 3.63) is 60.3 Å². The lowest BCUT2D eigenvalue weighted by Crippen LogP contribution is -2.55. The second-order valence-electron chi connectivity index (χ2n) is 10.9. The summed E-state index contributed by atoms with van der Waals surface area (Å²) in [5.74, 6) is -1.41. The maximum absolute atomic E-state index is 13.4. The van der Waals surface area contributed by atoms with Crippen LogP contribution in [0.5, 0.6) is 0 Å². The molecule has 2 fully saturated rings. The Morgan fingerprint density at radius 1 is 1.05 bits per heavy atom. The highest BCUT2D eigenvalue weighted by molar-refractivity contribution is 7.89. The van der Waals surface area contributed by atoms with Crippen molar-refractivity contribution in [3.8, 4) is 0 Å². The van der Waals surface area contributed by atoms with Crippen LogP contribution in [0.1, 0.15) is 51.5 Å². The zero-order valence-electron chi connectivity index (χ0n) is 23.4. The lowest BCUT2D eigenvalue weighted by atomic mass is 10.0. The molecular weight excluding hydrogens is 546 g/mol. The molecule has 2 N–H and O–H groups in total. The summed E-state index contributed by atoms with van der Waals surface area (Å²) in [7, 11) is -3.96. The molecule has 0 bridgehead atoms. The van der Waals surface area contributed by atoms with Crippen molar-refractivity contribution in [2.45, 2.75) is 75.6 Å². The third-order valence-corrected chi connectivity index (χ3v) is 9.11. The third-order valence-electron chi connectivity index (χ3n) is 7.35. The van der Waals surface area contributed by atoms with Crippen molar-refractivity contribution in [1.29, 1.82) is 0 Å². The van der Waals surface area contributed by atoms with Gasteiger partial charge in [-0.1, -0.05) is 50.2 Å². The Balaban J connectivity index is 1.41. The van der Waals surface area contributed by atoms with E-state index in [1.165, 1.54) is 12.3 Å². The number of sulfonamides is 1. The van der Waals surface area contributed by atoms with E-state index in [-0.39, 0.29) is 42.8 Å². The minimum Gasteiger partial charge on any atom is -0.344 e. The van der Waals surface area contributed by atoms with Crippen molar-refractivity contribution in [3.63, 3.8) is 0 Å². The number of nitrogens with one attached hydrogen (secondary N) is 2. The van der Waals surface area contributed by atoms with E-state index in [1.54, 1.807) is 17.0 Å². The summed E-state index contributed by atoms with van der Waals surface area (Å²) in [6.07, 6.45) is 2.94. The van der Waals surface area contributed by atoms with Gasteiger partial charge in [0.2, 0.25) is 17.7 Å². The molecule has 4 rings (SSSR count). The molecule has 1 unspecified atom stereocenters. The van der Waals surface area contributed by atoms with Crippen LogP contribution in [0.25, 0.3) is 0 Å². The maximum atomic E-state index is 13.4. The highest BCUT2D eigenvalue weighted by Crippen LogP contribution is 2.23. The van der Waals surface area contributed by atoms with Crippen molar-refractivity contribution in [2.75, 3.05) is 13.1 Å². The number of carbonyl (C=O) groups is 4. The molecule has 2 saturated heterocycles. The van der Waals surface area contributed by atoms with E-state index in [9.17, 15) is 27.6 Å². The van der Waals surface area contributed by atoms with Crippen molar-refractivity contribution in [2.24, 2.45) is 5.92 Å². The average Bonchev–Trinajstić information content (AvgIpc) is 3.20. The number of pyridine rings is 1. The largest absolute Gasteiger partial charge is 0.344 e. The molecule has 2 aromatic rings. The molecular formula is C29H37N5O6S. The van der Waals surface area contributed by atoms with Crippen LogP contribution in [0.3, 0.4) is 0 Å². The predicted octanol–water partition coefficient (Wildman–Crippen LogP) is 1.64. The van der Waals surface area contributed by atoms with Gasteiger partial charge in [0.25, 0.3) is 10.0 Å². The summed E-state index contributed by atoms with van der Waals surface area (Å²) in [6.45, 7) is 3.88. The van der Waals surface area contributed by atoms with Crippen LogP contribution in [0, 0.1) is 5.92 Å². The molecule has 0 spiro atoms. The first kappa shape index (κ1) is 30.3. The molecule has 1 aromatic heterocycles. The van der Waals surface area contributed by atoms with E-state index in [2.05, 4.69) is 15.6 Å². The minimum atomic E-state index is -3.96. The number of carbonyl (C=O) groups excluding carboxylic acids is 4. The second kappa shape index (κ2) is 13.3. The summed E-state index contributed by atoms with van der Waals surface area (Å²) < 4.78 is 27.1. The molecule has 220 valence electrons. The maximum Gasteiger partial charge on any atom is 0.260 e. The number of Topliss-reactive ketones (excluding diaryl/α,β-unsaturated/α-hetero) is 1. The van der Waals surface area contributed by atoms with E-state index < -0.39 is 45.7 Å². The first-order valence-electron chi connectivity index (χ1n) is 13.9. The molecule has 3 atom stereocenters. The summed E-state index contributed by atoms with van der Waals surface area (Å²) in [6, 6.07) is 11.4. The monoisotopic (exact) mass is 583 g/mol. The first-order chi connectivity index (χ1) is 19.6. The van der Waals surface area contributed by atoms with Gasteiger partial charge in [-0.3, -0.25) is 19.2 Å². The quantitative estimate of drug-likeness (QED) is 0.432. The number of hydrogen-bond acceptors (Lipinski definition) is 7. The smallest absolute Gasteiger partial charge is 0.260 e. The first-order valence-corrected chi connectivity index (χ1v) is 15.4. The lowest BCUT2D eigenvalue weighted by molar-refractivity contribution is -0.137. The minimum absolute atomic E-state index is 0.0560. The van der Waals surface area contributed by atoms with Crippen molar-refractivity contribution in [1.82, 2.24) is 24.8 Å². The summed E-state index contributed by atoms with van der Waals surface area (Å²) >= 11 is 0. The molecule has 11 nitrogen and oxygen atoms in total. The molecule has 12 heteroatoms. The number of rotatable bonds is 10. The van der Waals surface area contributed by atoms with Gasteiger partial charge < -0.3 is 15.5 Å². The zero-order valence-corrected chi connectivity index (χ0v) is 24.2. The fourth-order valence-corrected chi connectivity index (χ4v) is 6.59. The van der Waals surface area contributed by atoms with Crippen LogP contribution in [0.15, 0.2) is 59.8 Å². The van der Waals surface area contributed by atoms with Gasteiger partial charge >= 0.3 is 0 Å². The molecule has 0 radical (unpaired) electrons. The summed E-state index contributed by atoms with van der Waals surface area (Å²) in [5, 5.41) is 5.45. The Morgan fingerprint density at radius 3 is 2.46 bits per heavy atom. The van der Waals surface area contributed by atoms with Gasteiger partial charge in [-0.2, -0.15) is 4.31 Å². The van der Waals surface area contributed by atoms with Gasteiger partial charge in [-0.25, -0.2) is 13.4 Å². The van der Waals surface area contributed by atoms with E-state index in [0.717, 1.165) is 9.87 Å². The Bertz CT molecular complexity index is 1350. The molecule has 2 aliphatic heterocycles. The average molecular weight is 584 g/mol. The molecule has 41 heavy (non-hydrogen) atoms. The van der Waals surface area contributed by atoms with Crippen molar-refractivity contribution < 1.29 is 27.6 Å². The van der Waals surface area contributed by atoms with Crippen LogP contribution < -0.4 is 10.6 Å². The topological polar surface area (TPSA) is 146 Å². The lowest BCUT2D eigenvalue weighted by Gasteiger charge is -2.28. The number of hydrogen-bond donors (Lipinski definition) is 2. The third kappa shape index (κ3) is 7.56. The second-order valence-corrected chi connectivity index (χ2v) is 12.8. The van der Waals surface area contributed by atoms with Gasteiger partial charge in [0.15, 0.2) is 10.8 Å². The molecule has 0 aliphatic carbocycles. The normalized spacial score (nSPS) is 21.0. The SMILES string of the molecule is CC(C)CC(NC(=O)[C@@H]1CCC(=O)N1Cc1ccccc1)C(=O)N[C@H]1CCCN(S(=O)(=O)c2ccccn2)CC1=O. The summed E-state index contributed by atoms with van der Waals surface area (Å²) in [4.78, 5) is 57.9. The van der Waals surface area contributed by atoms with Gasteiger partial charge in [0, 0.05) is 25.7 Å². The highest BCUT2D eigenvalue weighted by atomic mass is 32.2. The number of ketones is 1. The number of amides is 3. The van der Waals surface area contributed by atoms with Gasteiger partial charge in [0.05, 0.1) is 12.6 Å². The van der Waals surface area contributed by atoms with E-state index >= 15 is 0 Å². The molecule has 2 aliphatic rings. The van der Waals surface area contributed by atoms with Crippen LogP contribution in [-0.4, -0.2) is 77.3 Å². The molecule has 1 aromatic carbocycles. The number of benzene rings is 1. The van der Waals surface area contributed by atoms with E-state index in [0.29, 0.717) is 25.8 Å². The van der Waals surface area contributed by atoms with Crippen LogP contribution in [-0.2, 0) is 35.7 Å². The Hall–Kier alpha value is -3.64. The zero-order chi connectivity index (χ0) is 29.6. The Labute approximate surface area is 240 Å². The van der Waals surface area contributed by atoms with Gasteiger partial charge in [-0.05, 0) is 49.3 Å². The van der Waals surface area contributed by atoms with Gasteiger partial charge in [0.1, 0.15) is 12.1 Å². The number of nitrogens with zero attached hydrogens (tertiary/aromatic N) is 3. The van der Waals surface area contributed by atoms with Crippen molar-refractivity contribution >= 4 is 33.5 Å². The molecule has 3 amide bonds. The number of aromatic nitrogens is 1. The molecule has 0 saturated carbocycles. The standard InChI is InChI=1S/C29H37N5O6S/c1-20(2)17-23(32-29(38)24-13-14-27(36)34(24)18-21-9-4-3-5-10-21)28(37)31-22-11-8-16-33(19-25(22)35)41(39,40)26-12-6-7-15-30-26/h3-7,9-10,12,15,20,22-24H,8,11,13-14,16-19H2,1-2H3,(H,31,37)(H,32,38)/t22-,23?,24-/m0/s1. The van der Waals surface area contributed by atoms with Gasteiger partial charge in [-0.15, -0.1) is 0 Å². The van der Waals surface area contributed by atoms with Crippen LogP contribution >= 0.6 is 0 Å². The van der Waals surface area contributed by atoms with Crippen LogP contribution in [0.2, 0.25) is 0 Å². The Morgan fingerprint density at radius 2 is 1.78 bits per heavy atom. The van der Waals surface area contributed by atoms with E-state index in [1.807, 2.05) is 44.2 Å². The predicted molar refractivity (Wildman–Crippen MR) is 151 cm³/mol. The summed E-state index contributed by atoms with van der Waals surface area (Å²) in [5.41, 5.74) is 0.906. The highest BCUT2D eigenvalue weighted by Gasteiger charge is 2.39.